The molecule has 1 saturated heterocycles. The van der Waals surface area contributed by atoms with Gasteiger partial charge in [0.15, 0.2) is 0 Å². The van der Waals surface area contributed by atoms with Crippen LogP contribution in [0.15, 0.2) is 95.8 Å². The zero-order chi connectivity index (χ0) is 34.8. The van der Waals surface area contributed by atoms with E-state index in [4.69, 9.17) is 26.4 Å². The van der Waals surface area contributed by atoms with Crippen LogP contribution in [0.2, 0.25) is 5.02 Å². The highest BCUT2D eigenvalue weighted by atomic mass is 35.5. The van der Waals surface area contributed by atoms with Gasteiger partial charge >= 0.3 is 11.9 Å². The molecular weight excluding hydrogens is 636 g/mol. The van der Waals surface area contributed by atoms with Crippen molar-refractivity contribution in [1.82, 2.24) is 14.5 Å². The molecule has 4 aromatic carbocycles. The maximum atomic E-state index is 13.2. The van der Waals surface area contributed by atoms with Crippen LogP contribution in [0.1, 0.15) is 33.1 Å². The number of carboxylic acid groups (broad SMARTS) is 1. The molecule has 0 radical (unpaired) electrons. The Hall–Kier alpha value is -4.60. The Morgan fingerprint density at radius 2 is 1.42 bits per heavy atom. The fourth-order valence-corrected chi connectivity index (χ4v) is 5.42. The van der Waals surface area contributed by atoms with Crippen LogP contribution < -0.4 is 10.3 Å². The van der Waals surface area contributed by atoms with Gasteiger partial charge in [0, 0.05) is 19.0 Å². The van der Waals surface area contributed by atoms with Crippen LogP contribution in [-0.2, 0) is 11.8 Å². The molecule has 1 fully saturated rings. The summed E-state index contributed by atoms with van der Waals surface area (Å²) in [6.07, 6.45) is 4.30. The molecule has 0 saturated carbocycles. The highest BCUT2D eigenvalue weighted by Gasteiger charge is 2.31. The van der Waals surface area contributed by atoms with Crippen molar-refractivity contribution in [2.45, 2.75) is 39.0 Å². The van der Waals surface area contributed by atoms with E-state index in [-0.39, 0.29) is 5.56 Å². The van der Waals surface area contributed by atoms with E-state index >= 15 is 0 Å². The first-order valence-electron chi connectivity index (χ1n) is 15.8. The van der Waals surface area contributed by atoms with Crippen molar-refractivity contribution in [3.05, 3.63) is 106 Å². The smallest absolute Gasteiger partial charge is 0.374 e. The lowest BCUT2D eigenvalue weighted by molar-refractivity contribution is -0.161. The van der Waals surface area contributed by atoms with Gasteiger partial charge in [0.25, 0.3) is 5.56 Å². The Morgan fingerprint density at radius 1 is 0.896 bits per heavy atom. The number of aromatic nitrogens is 2. The van der Waals surface area contributed by atoms with Crippen molar-refractivity contribution in [2.24, 2.45) is 7.05 Å². The van der Waals surface area contributed by atoms with E-state index in [1.54, 1.807) is 18.7 Å². The van der Waals surface area contributed by atoms with E-state index in [0.29, 0.717) is 29.4 Å². The molecule has 0 bridgehead atoms. The number of hydrogen-bond donors (Lipinski definition) is 1. The summed E-state index contributed by atoms with van der Waals surface area (Å²) in [6, 6.07) is 29.4. The standard InChI is InChI=1S/C28H21ClN2O2.C7H15N.C3H4F2O2/c1-31-27(23-5-3-4-6-26(23)33-2)30-25-16-13-21(17-24(25)28(31)32)20-9-7-18(8-10-20)19-11-14-22(29)15-12-19;1-2-8-6-4-3-5-7-8;1-3(4,5)2(6)7/h3-17H,1-2H3;2-7H2,1H3;1H3,(H,6,7). The monoisotopic (exact) mass is 675 g/mol. The number of aliphatic carboxylic acids is 1. The first-order valence-corrected chi connectivity index (χ1v) is 16.1. The average Bonchev–Trinajstić information content (AvgIpc) is 3.10. The molecule has 1 aliphatic heterocycles. The average molecular weight is 676 g/mol. The van der Waals surface area contributed by atoms with Crippen LogP contribution in [0.3, 0.4) is 0 Å². The Labute approximate surface area is 284 Å². The lowest BCUT2D eigenvalue weighted by Gasteiger charge is -2.24. The second kappa shape index (κ2) is 16.5. The minimum atomic E-state index is -3.58. The van der Waals surface area contributed by atoms with Gasteiger partial charge in [-0.25, -0.2) is 9.78 Å². The van der Waals surface area contributed by atoms with E-state index in [1.807, 2.05) is 66.7 Å². The van der Waals surface area contributed by atoms with E-state index in [1.165, 1.54) is 38.9 Å². The summed E-state index contributed by atoms with van der Waals surface area (Å²) in [6.45, 7) is 6.51. The lowest BCUT2D eigenvalue weighted by Crippen LogP contribution is -2.29. The number of carbonyl (C=O) groups is 1. The summed E-state index contributed by atoms with van der Waals surface area (Å²) in [5, 5.41) is 8.80. The maximum Gasteiger partial charge on any atom is 0.374 e. The molecule has 0 aliphatic carbocycles. The van der Waals surface area contributed by atoms with Gasteiger partial charge in [-0.05, 0) is 91.1 Å². The van der Waals surface area contributed by atoms with Crippen LogP contribution in [0, 0.1) is 0 Å². The number of halogens is 3. The summed E-state index contributed by atoms with van der Waals surface area (Å²) >= 11 is 6.00. The number of ether oxygens (including phenoxy) is 1. The minimum Gasteiger partial charge on any atom is -0.496 e. The van der Waals surface area contributed by atoms with Crippen molar-refractivity contribution in [3.8, 4) is 39.4 Å². The normalized spacial score (nSPS) is 13.1. The summed E-state index contributed by atoms with van der Waals surface area (Å²) in [5.41, 5.74) is 5.55. The molecular formula is C38H40ClF2N3O4. The first kappa shape index (κ1) is 36.2. The molecule has 1 aliphatic rings. The van der Waals surface area contributed by atoms with Crippen molar-refractivity contribution in [3.63, 3.8) is 0 Å². The second-order valence-corrected chi connectivity index (χ2v) is 11.9. The van der Waals surface area contributed by atoms with E-state index in [0.717, 1.165) is 32.8 Å². The van der Waals surface area contributed by atoms with Gasteiger partial charge in [0.1, 0.15) is 11.6 Å². The van der Waals surface area contributed by atoms with Crippen LogP contribution in [0.25, 0.3) is 44.5 Å². The first-order chi connectivity index (χ1) is 22.9. The molecule has 0 spiro atoms. The molecule has 48 heavy (non-hydrogen) atoms. The SMILES string of the molecule is CC(F)(F)C(=O)O.CCN1CCCCC1.COc1ccccc1-c1nc2ccc(-c3ccc(-c4ccc(Cl)cc4)cc3)cc2c(=O)n1C. The predicted molar refractivity (Wildman–Crippen MR) is 189 cm³/mol. The van der Waals surface area contributed by atoms with E-state index in [2.05, 4.69) is 36.1 Å². The number of nitrogens with zero attached hydrogens (tertiary/aromatic N) is 3. The van der Waals surface area contributed by atoms with Gasteiger partial charge in [-0.3, -0.25) is 9.36 Å². The number of carboxylic acids is 1. The quantitative estimate of drug-likeness (QED) is 0.194. The van der Waals surface area contributed by atoms with Gasteiger partial charge in [-0.1, -0.05) is 79.5 Å². The fourth-order valence-electron chi connectivity index (χ4n) is 5.29. The van der Waals surface area contributed by atoms with Crippen molar-refractivity contribution >= 4 is 28.5 Å². The molecule has 5 aromatic rings. The molecule has 6 rings (SSSR count). The molecule has 1 aromatic heterocycles. The summed E-state index contributed by atoms with van der Waals surface area (Å²) in [4.78, 5) is 29.8. The second-order valence-electron chi connectivity index (χ2n) is 11.5. The number of likely N-dealkylation sites (tertiary alicyclic amines) is 1. The number of hydrogen-bond acceptors (Lipinski definition) is 5. The molecule has 10 heteroatoms. The fraction of sp³-hybridized carbons (Fsp3) is 0.289. The Kier molecular flexibility index (Phi) is 12.4. The summed E-state index contributed by atoms with van der Waals surface area (Å²) in [5.74, 6) is -4.42. The third kappa shape index (κ3) is 9.27. The molecule has 2 heterocycles. The van der Waals surface area contributed by atoms with E-state index in [9.17, 15) is 18.4 Å². The predicted octanol–water partition coefficient (Wildman–Crippen LogP) is 8.81. The topological polar surface area (TPSA) is 84.7 Å². The summed E-state index contributed by atoms with van der Waals surface area (Å²) in [7, 11) is 3.35. The Bertz CT molecular complexity index is 1880. The number of benzene rings is 4. The van der Waals surface area contributed by atoms with Gasteiger partial charge in [0.05, 0.1) is 23.6 Å². The number of para-hydroxylation sites is 1. The van der Waals surface area contributed by atoms with E-state index < -0.39 is 11.9 Å². The lowest BCUT2D eigenvalue weighted by atomic mass is 9.99. The van der Waals surface area contributed by atoms with Gasteiger partial charge < -0.3 is 14.7 Å². The van der Waals surface area contributed by atoms with Crippen LogP contribution in [0.5, 0.6) is 5.75 Å². The number of alkyl halides is 2. The Balaban J connectivity index is 0.000000287. The highest BCUT2D eigenvalue weighted by molar-refractivity contribution is 6.30. The maximum absolute atomic E-state index is 13.2. The van der Waals surface area contributed by atoms with Crippen LogP contribution in [0.4, 0.5) is 8.78 Å². The van der Waals surface area contributed by atoms with Crippen molar-refractivity contribution < 1.29 is 23.4 Å². The van der Waals surface area contributed by atoms with Crippen molar-refractivity contribution in [1.29, 1.82) is 0 Å². The molecule has 1 N–H and O–H groups in total. The Morgan fingerprint density at radius 3 is 1.94 bits per heavy atom. The number of piperidine rings is 1. The van der Waals surface area contributed by atoms with Gasteiger partial charge in [-0.15, -0.1) is 0 Å². The molecule has 0 amide bonds. The van der Waals surface area contributed by atoms with Gasteiger partial charge in [0.2, 0.25) is 0 Å². The number of fused-ring (bicyclic) bond motifs is 1. The number of methoxy groups -OCH3 is 1. The highest BCUT2D eigenvalue weighted by Crippen LogP contribution is 2.30. The molecule has 7 nitrogen and oxygen atoms in total. The number of rotatable bonds is 6. The third-order valence-corrected chi connectivity index (χ3v) is 8.34. The molecule has 0 unspecified atom stereocenters. The minimum absolute atomic E-state index is 0.0967. The third-order valence-electron chi connectivity index (χ3n) is 8.09. The zero-order valence-electron chi connectivity index (χ0n) is 27.6. The van der Waals surface area contributed by atoms with Crippen LogP contribution >= 0.6 is 11.6 Å². The molecule has 0 atom stereocenters. The molecule has 252 valence electrons. The summed E-state index contributed by atoms with van der Waals surface area (Å²) < 4.78 is 29.5. The van der Waals surface area contributed by atoms with Gasteiger partial charge in [-0.2, -0.15) is 8.78 Å². The largest absolute Gasteiger partial charge is 0.496 e. The zero-order valence-corrected chi connectivity index (χ0v) is 28.3. The van der Waals surface area contributed by atoms with Crippen LogP contribution in [-0.4, -0.2) is 58.2 Å². The van der Waals surface area contributed by atoms with Crippen molar-refractivity contribution in [2.75, 3.05) is 26.7 Å².